The van der Waals surface area contributed by atoms with Crippen LogP contribution in [0.3, 0.4) is 0 Å². The summed E-state index contributed by atoms with van der Waals surface area (Å²) >= 11 is 0. The van der Waals surface area contributed by atoms with Crippen molar-refractivity contribution in [2.75, 3.05) is 13.7 Å². The molecule has 0 aliphatic carbocycles. The molecule has 4 nitrogen and oxygen atoms in total. The molecule has 1 rings (SSSR count). The van der Waals surface area contributed by atoms with E-state index < -0.39 is 6.04 Å². The Morgan fingerprint density at radius 3 is 2.50 bits per heavy atom. The Morgan fingerprint density at radius 1 is 1.20 bits per heavy atom. The number of Topliss-reactive ketones (excluding diaryl/α,β-unsaturated/α-hetero) is 1. The lowest BCUT2D eigenvalue weighted by molar-refractivity contribution is -0.140. The first-order valence-electron chi connectivity index (χ1n) is 7.08. The third-order valence-corrected chi connectivity index (χ3v) is 3.14. The van der Waals surface area contributed by atoms with Gasteiger partial charge in [-0.15, -0.1) is 0 Å². The number of benzene rings is 1. The van der Waals surface area contributed by atoms with Crippen molar-refractivity contribution in [1.82, 2.24) is 5.32 Å². The fourth-order valence-corrected chi connectivity index (χ4v) is 1.96. The fourth-order valence-electron chi connectivity index (χ4n) is 1.96. The molecule has 110 valence electrons. The zero-order valence-corrected chi connectivity index (χ0v) is 12.2. The molecule has 1 unspecified atom stereocenters. The van der Waals surface area contributed by atoms with E-state index in [1.807, 2.05) is 18.2 Å². The van der Waals surface area contributed by atoms with Gasteiger partial charge in [0.25, 0.3) is 0 Å². The normalized spacial score (nSPS) is 11.9. The first-order chi connectivity index (χ1) is 9.69. The summed E-state index contributed by atoms with van der Waals surface area (Å²) in [4.78, 5) is 23.8. The summed E-state index contributed by atoms with van der Waals surface area (Å²) in [5.74, 6) is -0.435. The molecule has 0 saturated heterocycles. The van der Waals surface area contributed by atoms with Crippen molar-refractivity contribution in [2.24, 2.45) is 0 Å². The molecule has 0 saturated carbocycles. The molecule has 1 atom stereocenters. The molecule has 0 aliphatic heterocycles. The van der Waals surface area contributed by atoms with E-state index in [2.05, 4.69) is 17.0 Å². The van der Waals surface area contributed by atoms with Crippen LogP contribution < -0.4 is 5.32 Å². The lowest BCUT2D eigenvalue weighted by Crippen LogP contribution is -2.39. The van der Waals surface area contributed by atoms with E-state index in [-0.39, 0.29) is 18.2 Å². The number of ether oxygens (including phenoxy) is 1. The van der Waals surface area contributed by atoms with Gasteiger partial charge in [0.15, 0.2) is 5.78 Å². The Balaban J connectivity index is 2.65. The topological polar surface area (TPSA) is 55.4 Å². The van der Waals surface area contributed by atoms with E-state index in [1.54, 1.807) is 12.1 Å². The molecule has 0 fully saturated rings. The quantitative estimate of drug-likeness (QED) is 0.428. The third-order valence-electron chi connectivity index (χ3n) is 3.14. The van der Waals surface area contributed by atoms with Crippen LogP contribution in [0.4, 0.5) is 0 Å². The minimum Gasteiger partial charge on any atom is -0.469 e. The zero-order chi connectivity index (χ0) is 14.8. The maximum Gasteiger partial charge on any atom is 0.307 e. The van der Waals surface area contributed by atoms with Crippen molar-refractivity contribution in [3.8, 4) is 0 Å². The Labute approximate surface area is 120 Å². The van der Waals surface area contributed by atoms with E-state index >= 15 is 0 Å². The summed E-state index contributed by atoms with van der Waals surface area (Å²) in [6, 6.07) is 8.52. The molecule has 0 aromatic heterocycles. The summed E-state index contributed by atoms with van der Waals surface area (Å²) in [7, 11) is 1.34. The van der Waals surface area contributed by atoms with Gasteiger partial charge in [0.05, 0.1) is 19.6 Å². The first kappa shape index (κ1) is 16.4. The number of carbonyl (C=O) groups is 2. The highest BCUT2D eigenvalue weighted by Crippen LogP contribution is 2.07. The first-order valence-corrected chi connectivity index (χ1v) is 7.08. The number of esters is 1. The highest BCUT2D eigenvalue weighted by molar-refractivity contribution is 6.01. The van der Waals surface area contributed by atoms with Crippen LogP contribution in [0.15, 0.2) is 30.3 Å². The van der Waals surface area contributed by atoms with Crippen LogP contribution in [-0.2, 0) is 9.53 Å². The molecule has 0 amide bonds. The highest BCUT2D eigenvalue weighted by Gasteiger charge is 2.22. The van der Waals surface area contributed by atoms with Crippen LogP contribution in [0, 0.1) is 0 Å². The molecule has 1 N–H and O–H groups in total. The molecule has 1 aromatic rings. The van der Waals surface area contributed by atoms with Crippen LogP contribution in [0.1, 0.15) is 43.0 Å². The van der Waals surface area contributed by atoms with E-state index in [1.165, 1.54) is 7.11 Å². The minimum absolute atomic E-state index is 0.0625. The molecule has 0 spiro atoms. The summed E-state index contributed by atoms with van der Waals surface area (Å²) in [6.45, 7) is 2.86. The Hall–Kier alpha value is -1.68. The molecular formula is C16H23NO3. The number of carbonyl (C=O) groups excluding carboxylic acids is 2. The minimum atomic E-state index is -0.512. The molecule has 0 bridgehead atoms. The lowest BCUT2D eigenvalue weighted by Gasteiger charge is -2.16. The number of ketones is 1. The monoisotopic (exact) mass is 277 g/mol. The second-order valence-corrected chi connectivity index (χ2v) is 4.72. The van der Waals surface area contributed by atoms with Gasteiger partial charge in [0.2, 0.25) is 0 Å². The van der Waals surface area contributed by atoms with Gasteiger partial charge in [-0.1, -0.05) is 50.1 Å². The van der Waals surface area contributed by atoms with Crippen molar-refractivity contribution >= 4 is 11.8 Å². The second-order valence-electron chi connectivity index (χ2n) is 4.72. The summed E-state index contributed by atoms with van der Waals surface area (Å²) in [6.07, 6.45) is 3.29. The van der Waals surface area contributed by atoms with Gasteiger partial charge < -0.3 is 10.1 Å². The molecule has 0 aliphatic rings. The fraction of sp³-hybridized carbons (Fsp3) is 0.500. The summed E-state index contributed by atoms with van der Waals surface area (Å²) in [5.41, 5.74) is 0.615. The molecule has 0 heterocycles. The standard InChI is InChI=1S/C16H23NO3/c1-3-4-8-11-17-14(12-15(18)20-2)16(19)13-9-6-5-7-10-13/h5-7,9-10,14,17H,3-4,8,11-12H2,1-2H3. The number of methoxy groups -OCH3 is 1. The smallest absolute Gasteiger partial charge is 0.307 e. The maximum absolute atomic E-state index is 12.4. The summed E-state index contributed by atoms with van der Waals surface area (Å²) in [5, 5.41) is 3.17. The Kier molecular flexibility index (Phi) is 7.58. The largest absolute Gasteiger partial charge is 0.469 e. The Morgan fingerprint density at radius 2 is 1.90 bits per heavy atom. The number of rotatable bonds is 9. The van der Waals surface area contributed by atoms with Crippen LogP contribution in [0.2, 0.25) is 0 Å². The predicted octanol–water partition coefficient (Wildman–Crippen LogP) is 2.58. The van der Waals surface area contributed by atoms with Gasteiger partial charge in [-0.2, -0.15) is 0 Å². The second kappa shape index (κ2) is 9.26. The number of unbranched alkanes of at least 4 members (excludes halogenated alkanes) is 2. The highest BCUT2D eigenvalue weighted by atomic mass is 16.5. The van der Waals surface area contributed by atoms with Crippen molar-refractivity contribution < 1.29 is 14.3 Å². The van der Waals surface area contributed by atoms with Gasteiger partial charge in [-0.25, -0.2) is 0 Å². The van der Waals surface area contributed by atoms with E-state index in [0.29, 0.717) is 5.56 Å². The number of nitrogens with one attached hydrogen (secondary N) is 1. The average Bonchev–Trinajstić information content (AvgIpc) is 2.50. The van der Waals surface area contributed by atoms with Gasteiger partial charge in [0, 0.05) is 5.56 Å². The van der Waals surface area contributed by atoms with Crippen molar-refractivity contribution in [3.63, 3.8) is 0 Å². The SMILES string of the molecule is CCCCCNC(CC(=O)OC)C(=O)c1ccccc1. The van der Waals surface area contributed by atoms with Gasteiger partial charge in [-0.3, -0.25) is 9.59 Å². The zero-order valence-electron chi connectivity index (χ0n) is 12.2. The lowest BCUT2D eigenvalue weighted by atomic mass is 10.0. The molecule has 0 radical (unpaired) electrons. The van der Waals surface area contributed by atoms with Crippen LogP contribution in [0.25, 0.3) is 0 Å². The molecule has 4 heteroatoms. The van der Waals surface area contributed by atoms with Crippen LogP contribution in [0.5, 0.6) is 0 Å². The van der Waals surface area contributed by atoms with Gasteiger partial charge >= 0.3 is 5.97 Å². The molecular weight excluding hydrogens is 254 g/mol. The Bertz CT molecular complexity index is 417. The molecule has 20 heavy (non-hydrogen) atoms. The van der Waals surface area contributed by atoms with Gasteiger partial charge in [0.1, 0.15) is 0 Å². The van der Waals surface area contributed by atoms with Crippen molar-refractivity contribution in [1.29, 1.82) is 0 Å². The summed E-state index contributed by atoms with van der Waals surface area (Å²) < 4.78 is 4.66. The van der Waals surface area contributed by atoms with Gasteiger partial charge in [-0.05, 0) is 13.0 Å². The van der Waals surface area contributed by atoms with E-state index in [9.17, 15) is 9.59 Å². The number of hydrogen-bond donors (Lipinski definition) is 1. The van der Waals surface area contributed by atoms with Crippen molar-refractivity contribution in [2.45, 2.75) is 38.6 Å². The third kappa shape index (κ3) is 5.53. The average molecular weight is 277 g/mol. The van der Waals surface area contributed by atoms with Crippen molar-refractivity contribution in [3.05, 3.63) is 35.9 Å². The number of hydrogen-bond acceptors (Lipinski definition) is 4. The predicted molar refractivity (Wildman–Crippen MR) is 78.7 cm³/mol. The molecule has 1 aromatic carbocycles. The van der Waals surface area contributed by atoms with E-state index in [4.69, 9.17) is 0 Å². The van der Waals surface area contributed by atoms with Crippen LogP contribution in [-0.4, -0.2) is 31.4 Å². The maximum atomic E-state index is 12.4. The van der Waals surface area contributed by atoms with Crippen LogP contribution >= 0.6 is 0 Å². The van der Waals surface area contributed by atoms with E-state index in [0.717, 1.165) is 25.8 Å².